The van der Waals surface area contributed by atoms with Crippen LogP contribution in [-0.4, -0.2) is 19.5 Å². The minimum absolute atomic E-state index is 0.0285. The van der Waals surface area contributed by atoms with E-state index in [0.717, 1.165) is 6.07 Å². The molecule has 0 heterocycles. The van der Waals surface area contributed by atoms with E-state index in [1.54, 1.807) is 6.92 Å². The molecule has 0 saturated heterocycles. The van der Waals surface area contributed by atoms with Crippen LogP contribution in [0.4, 0.5) is 0 Å². The number of carboxylic acid groups (broad SMARTS) is 1. The number of benzene rings is 1. The molecule has 82 valence electrons. The van der Waals surface area contributed by atoms with E-state index in [1.807, 2.05) is 0 Å². The number of aryl methyl sites for hydroxylation is 1. The fraction of sp³-hybridized carbons (Fsp3) is 0.222. The van der Waals surface area contributed by atoms with Crippen LogP contribution in [0.5, 0.6) is 0 Å². The van der Waals surface area contributed by atoms with Crippen molar-refractivity contribution in [3.8, 4) is 0 Å². The summed E-state index contributed by atoms with van der Waals surface area (Å²) in [5, 5.41) is 8.85. The van der Waals surface area contributed by atoms with Gasteiger partial charge in [-0.3, -0.25) is 0 Å². The zero-order valence-electron chi connectivity index (χ0n) is 7.90. The molecule has 4 nitrogen and oxygen atoms in total. The number of rotatable bonds is 3. The molecule has 0 unspecified atom stereocenters. The standard InChI is InChI=1S/C9H9ClO4S/c1-2-6-3-4-7(15(10,13)14)5-8(6)9(11)12/h3-5H,2H2,1H3,(H,11,12). The van der Waals surface area contributed by atoms with Gasteiger partial charge in [0.2, 0.25) is 0 Å². The van der Waals surface area contributed by atoms with E-state index in [9.17, 15) is 13.2 Å². The van der Waals surface area contributed by atoms with Crippen LogP contribution in [0.1, 0.15) is 22.8 Å². The van der Waals surface area contributed by atoms with Crippen molar-refractivity contribution in [1.29, 1.82) is 0 Å². The van der Waals surface area contributed by atoms with Crippen LogP contribution in [0, 0.1) is 0 Å². The topological polar surface area (TPSA) is 71.4 Å². The number of halogens is 1. The molecule has 0 fully saturated rings. The van der Waals surface area contributed by atoms with Crippen LogP contribution >= 0.6 is 10.7 Å². The van der Waals surface area contributed by atoms with Gasteiger partial charge in [0.25, 0.3) is 9.05 Å². The molecule has 0 aromatic heterocycles. The maximum Gasteiger partial charge on any atom is 0.336 e. The maximum absolute atomic E-state index is 11.0. The molecule has 1 rings (SSSR count). The Kier molecular flexibility index (Phi) is 3.36. The smallest absolute Gasteiger partial charge is 0.336 e. The van der Waals surface area contributed by atoms with Gasteiger partial charge in [0.05, 0.1) is 10.5 Å². The summed E-state index contributed by atoms with van der Waals surface area (Å²) in [6.45, 7) is 1.79. The highest BCUT2D eigenvalue weighted by Crippen LogP contribution is 2.19. The summed E-state index contributed by atoms with van der Waals surface area (Å²) in [5.74, 6) is -1.16. The van der Waals surface area contributed by atoms with Gasteiger partial charge in [-0.25, -0.2) is 13.2 Å². The third kappa shape index (κ3) is 2.70. The average Bonchev–Trinajstić information content (AvgIpc) is 2.15. The van der Waals surface area contributed by atoms with Gasteiger partial charge < -0.3 is 5.11 Å². The van der Waals surface area contributed by atoms with Crippen LogP contribution < -0.4 is 0 Å². The molecule has 0 saturated carbocycles. The Morgan fingerprint density at radius 3 is 2.47 bits per heavy atom. The molecule has 1 aromatic rings. The number of aromatic carboxylic acids is 1. The van der Waals surface area contributed by atoms with Crippen LogP contribution in [0.3, 0.4) is 0 Å². The average molecular weight is 249 g/mol. The summed E-state index contributed by atoms with van der Waals surface area (Å²) in [6, 6.07) is 3.83. The summed E-state index contributed by atoms with van der Waals surface area (Å²) in [7, 11) is 1.24. The number of carbonyl (C=O) groups is 1. The molecular formula is C9H9ClO4S. The molecule has 0 aliphatic heterocycles. The van der Waals surface area contributed by atoms with E-state index in [-0.39, 0.29) is 10.5 Å². The summed E-state index contributed by atoms with van der Waals surface area (Å²) in [4.78, 5) is 10.6. The van der Waals surface area contributed by atoms with Crippen molar-refractivity contribution in [2.45, 2.75) is 18.2 Å². The third-order valence-corrected chi connectivity index (χ3v) is 3.33. The SMILES string of the molecule is CCc1ccc(S(=O)(=O)Cl)cc1C(=O)O. The van der Waals surface area contributed by atoms with Gasteiger partial charge in [-0.2, -0.15) is 0 Å². The lowest BCUT2D eigenvalue weighted by molar-refractivity contribution is 0.0695. The monoisotopic (exact) mass is 248 g/mol. The first-order chi connectivity index (χ1) is 6.86. The molecule has 6 heteroatoms. The van der Waals surface area contributed by atoms with Crippen LogP contribution in [-0.2, 0) is 15.5 Å². The summed E-state index contributed by atoms with van der Waals surface area (Å²) < 4.78 is 22.0. The zero-order valence-corrected chi connectivity index (χ0v) is 9.47. The van der Waals surface area contributed by atoms with Gasteiger partial charge in [0.15, 0.2) is 0 Å². The van der Waals surface area contributed by atoms with E-state index in [0.29, 0.717) is 12.0 Å². The highest BCUT2D eigenvalue weighted by atomic mass is 35.7. The summed E-state index contributed by atoms with van der Waals surface area (Å²) >= 11 is 0. The van der Waals surface area contributed by atoms with Gasteiger partial charge in [-0.15, -0.1) is 0 Å². The van der Waals surface area contributed by atoms with E-state index in [4.69, 9.17) is 15.8 Å². The van der Waals surface area contributed by atoms with Crippen LogP contribution in [0.2, 0.25) is 0 Å². The van der Waals surface area contributed by atoms with Crippen LogP contribution in [0.25, 0.3) is 0 Å². The van der Waals surface area contributed by atoms with Crippen LogP contribution in [0.15, 0.2) is 23.1 Å². The molecule has 0 aliphatic carbocycles. The minimum atomic E-state index is -3.87. The molecule has 0 spiro atoms. The lowest BCUT2D eigenvalue weighted by Crippen LogP contribution is -2.04. The number of carboxylic acids is 1. The van der Waals surface area contributed by atoms with Gasteiger partial charge in [0.1, 0.15) is 0 Å². The molecule has 15 heavy (non-hydrogen) atoms. The lowest BCUT2D eigenvalue weighted by Gasteiger charge is -2.04. The summed E-state index contributed by atoms with van der Waals surface area (Å²) in [6.07, 6.45) is 0.518. The predicted octanol–water partition coefficient (Wildman–Crippen LogP) is 1.87. The first-order valence-corrected chi connectivity index (χ1v) is 6.48. The Bertz CT molecular complexity index is 493. The van der Waals surface area contributed by atoms with Gasteiger partial charge in [-0.1, -0.05) is 13.0 Å². The Morgan fingerprint density at radius 2 is 2.07 bits per heavy atom. The van der Waals surface area contributed by atoms with Crippen molar-refractivity contribution >= 4 is 25.7 Å². The second-order valence-electron chi connectivity index (χ2n) is 2.92. The molecule has 1 aromatic carbocycles. The van der Waals surface area contributed by atoms with Crippen molar-refractivity contribution in [1.82, 2.24) is 0 Å². The fourth-order valence-electron chi connectivity index (χ4n) is 1.21. The summed E-state index contributed by atoms with van der Waals surface area (Å²) in [5.41, 5.74) is 0.547. The second kappa shape index (κ2) is 4.20. The predicted molar refractivity (Wildman–Crippen MR) is 55.8 cm³/mol. The lowest BCUT2D eigenvalue weighted by atomic mass is 10.1. The number of hydrogen-bond donors (Lipinski definition) is 1. The van der Waals surface area contributed by atoms with Crippen molar-refractivity contribution < 1.29 is 18.3 Å². The highest BCUT2D eigenvalue weighted by Gasteiger charge is 2.15. The third-order valence-electron chi connectivity index (χ3n) is 1.97. The number of hydrogen-bond acceptors (Lipinski definition) is 3. The highest BCUT2D eigenvalue weighted by molar-refractivity contribution is 8.13. The second-order valence-corrected chi connectivity index (χ2v) is 5.48. The van der Waals surface area contributed by atoms with E-state index in [2.05, 4.69) is 0 Å². The minimum Gasteiger partial charge on any atom is -0.478 e. The Labute approximate surface area is 91.9 Å². The van der Waals surface area contributed by atoms with Crippen molar-refractivity contribution in [2.24, 2.45) is 0 Å². The quantitative estimate of drug-likeness (QED) is 0.829. The van der Waals surface area contributed by atoms with Crippen molar-refractivity contribution in [2.75, 3.05) is 0 Å². The Balaban J connectivity index is 3.42. The van der Waals surface area contributed by atoms with Crippen molar-refractivity contribution in [3.63, 3.8) is 0 Å². The molecule has 0 aliphatic rings. The molecule has 0 radical (unpaired) electrons. The Morgan fingerprint density at radius 1 is 1.47 bits per heavy atom. The van der Waals surface area contributed by atoms with Gasteiger partial charge >= 0.3 is 5.97 Å². The zero-order chi connectivity index (χ0) is 11.6. The first-order valence-electron chi connectivity index (χ1n) is 4.17. The molecule has 1 N–H and O–H groups in total. The van der Waals surface area contributed by atoms with E-state index >= 15 is 0 Å². The molecule has 0 amide bonds. The molecule has 0 atom stereocenters. The first kappa shape index (κ1) is 12.0. The van der Waals surface area contributed by atoms with E-state index in [1.165, 1.54) is 12.1 Å². The fourth-order valence-corrected chi connectivity index (χ4v) is 1.99. The largest absolute Gasteiger partial charge is 0.478 e. The van der Waals surface area contributed by atoms with Gasteiger partial charge in [0, 0.05) is 10.7 Å². The van der Waals surface area contributed by atoms with Gasteiger partial charge in [-0.05, 0) is 24.1 Å². The molecular weight excluding hydrogens is 240 g/mol. The van der Waals surface area contributed by atoms with Crippen molar-refractivity contribution in [3.05, 3.63) is 29.3 Å². The maximum atomic E-state index is 11.0. The van der Waals surface area contributed by atoms with E-state index < -0.39 is 15.0 Å². The molecule has 0 bridgehead atoms. The Hall–Kier alpha value is -1.07. The normalized spacial score (nSPS) is 11.3.